The van der Waals surface area contributed by atoms with Crippen LogP contribution in [0.1, 0.15) is 16.7 Å². The topological polar surface area (TPSA) is 62.1 Å². The first-order chi connectivity index (χ1) is 14.9. The van der Waals surface area contributed by atoms with Crippen molar-refractivity contribution in [1.82, 2.24) is 0 Å². The van der Waals surface area contributed by atoms with E-state index in [4.69, 9.17) is 16.3 Å². The maximum absolute atomic E-state index is 12.6. The van der Waals surface area contributed by atoms with Gasteiger partial charge < -0.3 is 10.1 Å². The number of nitrogens with zero attached hydrogens (tertiary/aromatic N) is 1. The largest absolute Gasteiger partial charge is 0.487 e. The van der Waals surface area contributed by atoms with Crippen LogP contribution >= 0.6 is 56.8 Å². The van der Waals surface area contributed by atoms with Crippen molar-refractivity contribution in [3.63, 3.8) is 0 Å². The number of rotatable bonds is 6. The zero-order chi connectivity index (χ0) is 22.4. The van der Waals surface area contributed by atoms with Gasteiger partial charge in [0.15, 0.2) is 0 Å². The molecule has 3 aromatic rings. The summed E-state index contributed by atoms with van der Waals surface area (Å²) in [6.45, 7) is 2.33. The van der Waals surface area contributed by atoms with Gasteiger partial charge in [-0.05, 0) is 99.1 Å². The van der Waals surface area contributed by atoms with Gasteiger partial charge in [0.25, 0.3) is 5.91 Å². The number of amides is 1. The number of carbonyl (C=O) groups is 1. The first-order valence-electron chi connectivity index (χ1n) is 9.22. The van der Waals surface area contributed by atoms with Crippen LogP contribution in [0.25, 0.3) is 6.08 Å². The molecule has 0 saturated heterocycles. The summed E-state index contributed by atoms with van der Waals surface area (Å²) in [4.78, 5) is 12.6. The number of hydrogen-bond acceptors (Lipinski definition) is 3. The van der Waals surface area contributed by atoms with Crippen molar-refractivity contribution in [3.8, 4) is 11.8 Å². The number of anilines is 1. The third-order valence-corrected chi connectivity index (χ3v) is 6.21. The summed E-state index contributed by atoms with van der Waals surface area (Å²) >= 11 is 10.4. The average Bonchev–Trinajstić information content (AvgIpc) is 2.74. The Balaban J connectivity index is 1.79. The van der Waals surface area contributed by atoms with Crippen LogP contribution in [0.5, 0.6) is 5.75 Å². The van der Waals surface area contributed by atoms with E-state index in [1.807, 2.05) is 61.5 Å². The summed E-state index contributed by atoms with van der Waals surface area (Å²) in [5, 5.41) is 12.8. The monoisotopic (exact) mass is 654 g/mol. The summed E-state index contributed by atoms with van der Waals surface area (Å²) in [6.07, 6.45) is 1.57. The molecule has 0 fully saturated rings. The van der Waals surface area contributed by atoms with Gasteiger partial charge in [-0.2, -0.15) is 5.26 Å². The van der Waals surface area contributed by atoms with Gasteiger partial charge in [-0.3, -0.25) is 4.79 Å². The van der Waals surface area contributed by atoms with Crippen LogP contribution in [-0.4, -0.2) is 5.91 Å². The molecule has 0 aliphatic carbocycles. The summed E-state index contributed by atoms with van der Waals surface area (Å²) in [5.41, 5.74) is 3.27. The number of halogens is 3. The second-order valence-electron chi connectivity index (χ2n) is 6.67. The van der Waals surface area contributed by atoms with E-state index in [0.717, 1.165) is 29.6 Å². The molecule has 0 atom stereocenters. The molecular formula is C24H17ClI2N2O2. The first-order valence-corrected chi connectivity index (χ1v) is 11.8. The van der Waals surface area contributed by atoms with Crippen molar-refractivity contribution in [1.29, 1.82) is 5.26 Å². The number of hydrogen-bond donors (Lipinski definition) is 1. The quantitative estimate of drug-likeness (QED) is 0.177. The average molecular weight is 655 g/mol. The smallest absolute Gasteiger partial charge is 0.266 e. The summed E-state index contributed by atoms with van der Waals surface area (Å²) in [7, 11) is 0. The lowest BCUT2D eigenvalue weighted by molar-refractivity contribution is -0.112. The fraction of sp³-hybridized carbons (Fsp3) is 0.0833. The van der Waals surface area contributed by atoms with Crippen molar-refractivity contribution in [2.75, 3.05) is 5.32 Å². The molecule has 3 aromatic carbocycles. The van der Waals surface area contributed by atoms with Gasteiger partial charge in [0.05, 0.1) is 7.14 Å². The van der Waals surface area contributed by atoms with Gasteiger partial charge in [0.2, 0.25) is 0 Å². The standard InChI is InChI=1S/C24H17ClI2N2O2/c1-15-7-8-19(25)12-22(15)29-24(30)18(13-28)9-17-10-20(26)23(21(27)11-17)31-14-16-5-3-2-4-6-16/h2-12H,14H2,1H3,(H,29,30)/b18-9+. The zero-order valence-electron chi connectivity index (χ0n) is 16.5. The van der Waals surface area contributed by atoms with Crippen LogP contribution in [-0.2, 0) is 11.4 Å². The van der Waals surface area contributed by atoms with Crippen LogP contribution in [0, 0.1) is 25.4 Å². The number of carbonyl (C=O) groups excluding carboxylic acids is 1. The number of nitriles is 1. The van der Waals surface area contributed by atoms with Crippen molar-refractivity contribution >= 4 is 74.5 Å². The van der Waals surface area contributed by atoms with Crippen LogP contribution in [0.2, 0.25) is 5.02 Å². The second kappa shape index (κ2) is 11.0. The van der Waals surface area contributed by atoms with E-state index >= 15 is 0 Å². The lowest BCUT2D eigenvalue weighted by atomic mass is 10.1. The third-order valence-electron chi connectivity index (χ3n) is 4.37. The molecule has 7 heteroatoms. The highest BCUT2D eigenvalue weighted by Crippen LogP contribution is 2.30. The zero-order valence-corrected chi connectivity index (χ0v) is 21.5. The van der Waals surface area contributed by atoms with Crippen molar-refractivity contribution in [2.45, 2.75) is 13.5 Å². The molecule has 4 nitrogen and oxygen atoms in total. The predicted molar refractivity (Wildman–Crippen MR) is 141 cm³/mol. The lowest BCUT2D eigenvalue weighted by Crippen LogP contribution is -2.14. The number of aryl methyl sites for hydroxylation is 1. The first kappa shape index (κ1) is 23.6. The molecule has 0 aliphatic rings. The number of ether oxygens (including phenoxy) is 1. The Kier molecular flexibility index (Phi) is 8.35. The Morgan fingerprint density at radius 1 is 1.13 bits per heavy atom. The molecule has 0 aromatic heterocycles. The molecule has 0 heterocycles. The van der Waals surface area contributed by atoms with E-state index in [1.165, 1.54) is 0 Å². The number of benzene rings is 3. The van der Waals surface area contributed by atoms with Crippen LogP contribution in [0.4, 0.5) is 5.69 Å². The second-order valence-corrected chi connectivity index (χ2v) is 9.43. The molecule has 1 N–H and O–H groups in total. The summed E-state index contributed by atoms with van der Waals surface area (Å²) in [5.74, 6) is 0.294. The highest BCUT2D eigenvalue weighted by atomic mass is 127. The Hall–Kier alpha value is -2.09. The normalized spacial score (nSPS) is 11.0. The minimum Gasteiger partial charge on any atom is -0.487 e. The Morgan fingerprint density at radius 2 is 1.81 bits per heavy atom. The fourth-order valence-electron chi connectivity index (χ4n) is 2.76. The highest BCUT2D eigenvalue weighted by molar-refractivity contribution is 14.1. The minimum atomic E-state index is -0.484. The van der Waals surface area contributed by atoms with Gasteiger partial charge >= 0.3 is 0 Å². The summed E-state index contributed by atoms with van der Waals surface area (Å²) in [6, 6.07) is 20.9. The van der Waals surface area contributed by atoms with Gasteiger partial charge in [0.1, 0.15) is 24.0 Å². The van der Waals surface area contributed by atoms with Crippen molar-refractivity contribution < 1.29 is 9.53 Å². The summed E-state index contributed by atoms with van der Waals surface area (Å²) < 4.78 is 7.79. The van der Waals surface area contributed by atoms with E-state index in [2.05, 4.69) is 50.5 Å². The molecule has 3 rings (SSSR count). The molecule has 0 radical (unpaired) electrons. The SMILES string of the molecule is Cc1ccc(Cl)cc1NC(=O)/C(C#N)=C/c1cc(I)c(OCc2ccccc2)c(I)c1. The van der Waals surface area contributed by atoms with E-state index in [0.29, 0.717) is 17.3 Å². The van der Waals surface area contributed by atoms with Crippen molar-refractivity contribution in [2.24, 2.45) is 0 Å². The van der Waals surface area contributed by atoms with Gasteiger partial charge in [-0.25, -0.2) is 0 Å². The molecule has 0 bridgehead atoms. The maximum atomic E-state index is 12.6. The van der Waals surface area contributed by atoms with Gasteiger partial charge in [-0.15, -0.1) is 0 Å². The molecule has 31 heavy (non-hydrogen) atoms. The lowest BCUT2D eigenvalue weighted by Gasteiger charge is -2.12. The predicted octanol–water partition coefficient (Wildman–Crippen LogP) is 6.98. The number of nitrogens with one attached hydrogen (secondary N) is 1. The molecule has 0 spiro atoms. The minimum absolute atomic E-state index is 0.00364. The molecule has 0 saturated carbocycles. The van der Waals surface area contributed by atoms with E-state index < -0.39 is 5.91 Å². The van der Waals surface area contributed by atoms with E-state index in [-0.39, 0.29) is 5.57 Å². The molecule has 0 unspecified atom stereocenters. The van der Waals surface area contributed by atoms with Gasteiger partial charge in [0, 0.05) is 10.7 Å². The Morgan fingerprint density at radius 3 is 2.45 bits per heavy atom. The molecular weight excluding hydrogens is 638 g/mol. The Labute approximate surface area is 213 Å². The highest BCUT2D eigenvalue weighted by Gasteiger charge is 2.14. The van der Waals surface area contributed by atoms with E-state index in [1.54, 1.807) is 18.2 Å². The van der Waals surface area contributed by atoms with Crippen LogP contribution in [0.15, 0.2) is 66.2 Å². The third kappa shape index (κ3) is 6.45. The van der Waals surface area contributed by atoms with Crippen LogP contribution in [0.3, 0.4) is 0 Å². The maximum Gasteiger partial charge on any atom is 0.266 e. The Bertz CT molecular complexity index is 1160. The van der Waals surface area contributed by atoms with Crippen molar-refractivity contribution in [3.05, 3.63) is 95.1 Å². The molecule has 0 aliphatic heterocycles. The van der Waals surface area contributed by atoms with Crippen LogP contribution < -0.4 is 10.1 Å². The fourth-order valence-corrected chi connectivity index (χ4v) is 5.06. The molecule has 1 amide bonds. The van der Waals surface area contributed by atoms with E-state index in [9.17, 15) is 10.1 Å². The van der Waals surface area contributed by atoms with Gasteiger partial charge in [-0.1, -0.05) is 48.0 Å². The molecule has 156 valence electrons.